The van der Waals surface area contributed by atoms with Gasteiger partial charge in [-0.1, -0.05) is 27.7 Å². The number of nitrogens with zero attached hydrogens (tertiary/aromatic N) is 2. The zero-order valence-electron chi connectivity index (χ0n) is 13.4. The molecule has 1 aliphatic heterocycles. The van der Waals surface area contributed by atoms with Crippen molar-refractivity contribution in [2.75, 3.05) is 24.5 Å². The Kier molecular flexibility index (Phi) is 5.41. The maximum Gasteiger partial charge on any atom is 0.0562 e. The molecule has 3 heteroatoms. The van der Waals surface area contributed by atoms with Gasteiger partial charge in [0.15, 0.2) is 0 Å². The summed E-state index contributed by atoms with van der Waals surface area (Å²) in [6.45, 7) is 13.5. The molecule has 2 heterocycles. The van der Waals surface area contributed by atoms with Gasteiger partial charge in [-0.25, -0.2) is 0 Å². The summed E-state index contributed by atoms with van der Waals surface area (Å²) in [7, 11) is 0. The monoisotopic (exact) mass is 275 g/mol. The van der Waals surface area contributed by atoms with Crippen molar-refractivity contribution in [3.63, 3.8) is 0 Å². The third-order valence-corrected chi connectivity index (χ3v) is 4.36. The lowest BCUT2D eigenvalue weighted by molar-refractivity contribution is 0.324. The van der Waals surface area contributed by atoms with Gasteiger partial charge in [0, 0.05) is 31.5 Å². The number of piperidine rings is 1. The fourth-order valence-electron chi connectivity index (χ4n) is 2.75. The average Bonchev–Trinajstić information content (AvgIpc) is 2.42. The van der Waals surface area contributed by atoms with Gasteiger partial charge in [0.25, 0.3) is 0 Å². The molecule has 0 amide bonds. The predicted octanol–water partition coefficient (Wildman–Crippen LogP) is 3.31. The Hall–Kier alpha value is -1.09. The summed E-state index contributed by atoms with van der Waals surface area (Å²) in [6.07, 6.45) is 3.24. The van der Waals surface area contributed by atoms with Crippen molar-refractivity contribution in [3.05, 3.63) is 24.0 Å². The Balaban J connectivity index is 1.95. The predicted molar refractivity (Wildman–Crippen MR) is 85.9 cm³/mol. The lowest BCUT2D eigenvalue weighted by Crippen LogP contribution is -2.38. The minimum Gasteiger partial charge on any atom is -0.371 e. The summed E-state index contributed by atoms with van der Waals surface area (Å²) in [5.74, 6) is 2.31. The largest absolute Gasteiger partial charge is 0.371 e. The molecule has 1 fully saturated rings. The Bertz CT molecular complexity index is 416. The Morgan fingerprint density at radius 3 is 2.85 bits per heavy atom. The van der Waals surface area contributed by atoms with E-state index >= 15 is 0 Å². The van der Waals surface area contributed by atoms with Gasteiger partial charge < -0.3 is 10.2 Å². The summed E-state index contributed by atoms with van der Waals surface area (Å²) in [5, 5.41) is 3.47. The Morgan fingerprint density at radius 1 is 1.35 bits per heavy atom. The third-order valence-electron chi connectivity index (χ3n) is 4.36. The molecule has 2 unspecified atom stereocenters. The molecule has 0 saturated carbocycles. The molecule has 1 aliphatic rings. The van der Waals surface area contributed by atoms with Crippen LogP contribution in [0.1, 0.15) is 39.8 Å². The summed E-state index contributed by atoms with van der Waals surface area (Å²) in [6, 6.07) is 4.39. The summed E-state index contributed by atoms with van der Waals surface area (Å²) < 4.78 is 0. The standard InChI is InChI=1S/C17H29N3/c1-13(2)10-18-11-16-9-17(5-7-19-16)20-8-6-14(3)15(4)12-20/h5,7,9,13-15,18H,6,8,10-12H2,1-4H3. The van der Waals surface area contributed by atoms with Crippen LogP contribution in [0.15, 0.2) is 18.3 Å². The molecule has 2 rings (SSSR count). The lowest BCUT2D eigenvalue weighted by atomic mass is 9.88. The van der Waals surface area contributed by atoms with Crippen molar-refractivity contribution in [3.8, 4) is 0 Å². The van der Waals surface area contributed by atoms with Crippen molar-refractivity contribution < 1.29 is 0 Å². The molecule has 0 bridgehead atoms. The summed E-state index contributed by atoms with van der Waals surface area (Å²) in [4.78, 5) is 6.99. The molecule has 0 aromatic carbocycles. The number of hydrogen-bond acceptors (Lipinski definition) is 3. The first-order valence-electron chi connectivity index (χ1n) is 7.97. The second-order valence-electron chi connectivity index (χ2n) is 6.72. The SMILES string of the molecule is CC(C)CNCc1cc(N2CCC(C)C(C)C2)ccn1. The van der Waals surface area contributed by atoms with Gasteiger partial charge in [0.1, 0.15) is 0 Å². The van der Waals surface area contributed by atoms with E-state index in [1.807, 2.05) is 6.20 Å². The van der Waals surface area contributed by atoms with Gasteiger partial charge in [-0.3, -0.25) is 4.98 Å². The van der Waals surface area contributed by atoms with Crippen LogP contribution in [0.25, 0.3) is 0 Å². The minimum atomic E-state index is 0.683. The Morgan fingerprint density at radius 2 is 2.15 bits per heavy atom. The lowest BCUT2D eigenvalue weighted by Gasteiger charge is -2.36. The fourth-order valence-corrected chi connectivity index (χ4v) is 2.75. The highest BCUT2D eigenvalue weighted by Gasteiger charge is 2.22. The smallest absolute Gasteiger partial charge is 0.0562 e. The number of rotatable bonds is 5. The molecular weight excluding hydrogens is 246 g/mol. The van der Waals surface area contributed by atoms with Crippen molar-refractivity contribution in [1.82, 2.24) is 10.3 Å². The zero-order chi connectivity index (χ0) is 14.5. The third kappa shape index (κ3) is 4.20. The highest BCUT2D eigenvalue weighted by Crippen LogP contribution is 2.26. The number of hydrogen-bond donors (Lipinski definition) is 1. The first-order valence-corrected chi connectivity index (χ1v) is 7.97. The molecule has 1 saturated heterocycles. The van der Waals surface area contributed by atoms with Crippen LogP contribution < -0.4 is 10.2 Å². The molecule has 1 N–H and O–H groups in total. The highest BCUT2D eigenvalue weighted by atomic mass is 15.1. The van der Waals surface area contributed by atoms with E-state index in [1.165, 1.54) is 25.2 Å². The van der Waals surface area contributed by atoms with E-state index < -0.39 is 0 Å². The molecule has 2 atom stereocenters. The molecule has 0 spiro atoms. The van der Waals surface area contributed by atoms with Crippen molar-refractivity contribution >= 4 is 5.69 Å². The first-order chi connectivity index (χ1) is 9.56. The van der Waals surface area contributed by atoms with Gasteiger partial charge in [0.05, 0.1) is 5.69 Å². The van der Waals surface area contributed by atoms with Gasteiger partial charge in [-0.2, -0.15) is 0 Å². The molecule has 0 radical (unpaired) electrons. The van der Waals surface area contributed by atoms with Crippen LogP contribution in [-0.2, 0) is 6.54 Å². The molecule has 20 heavy (non-hydrogen) atoms. The van der Waals surface area contributed by atoms with E-state index in [9.17, 15) is 0 Å². The molecule has 0 aliphatic carbocycles. The molecule has 1 aromatic rings. The van der Waals surface area contributed by atoms with E-state index in [4.69, 9.17) is 0 Å². The van der Waals surface area contributed by atoms with Crippen LogP contribution in [0.2, 0.25) is 0 Å². The van der Waals surface area contributed by atoms with Crippen molar-refractivity contribution in [2.24, 2.45) is 17.8 Å². The van der Waals surface area contributed by atoms with Gasteiger partial charge in [-0.05, 0) is 42.9 Å². The van der Waals surface area contributed by atoms with Crippen LogP contribution >= 0.6 is 0 Å². The van der Waals surface area contributed by atoms with Crippen LogP contribution in [0, 0.1) is 17.8 Å². The topological polar surface area (TPSA) is 28.2 Å². The number of aromatic nitrogens is 1. The van der Waals surface area contributed by atoms with Crippen LogP contribution in [0.3, 0.4) is 0 Å². The average molecular weight is 275 g/mol. The number of nitrogens with one attached hydrogen (secondary N) is 1. The second-order valence-corrected chi connectivity index (χ2v) is 6.72. The van der Waals surface area contributed by atoms with Crippen LogP contribution in [-0.4, -0.2) is 24.6 Å². The van der Waals surface area contributed by atoms with Crippen molar-refractivity contribution in [1.29, 1.82) is 0 Å². The maximum absolute atomic E-state index is 4.48. The van der Waals surface area contributed by atoms with E-state index in [-0.39, 0.29) is 0 Å². The minimum absolute atomic E-state index is 0.683. The molecule has 3 nitrogen and oxygen atoms in total. The highest BCUT2D eigenvalue weighted by molar-refractivity contribution is 5.47. The molecule has 112 valence electrons. The van der Waals surface area contributed by atoms with Gasteiger partial charge in [-0.15, -0.1) is 0 Å². The second kappa shape index (κ2) is 7.07. The Labute approximate surface area is 123 Å². The van der Waals surface area contributed by atoms with E-state index in [0.717, 1.165) is 30.6 Å². The maximum atomic E-state index is 4.48. The van der Waals surface area contributed by atoms with E-state index in [1.54, 1.807) is 0 Å². The zero-order valence-corrected chi connectivity index (χ0v) is 13.4. The molecular formula is C17H29N3. The summed E-state index contributed by atoms with van der Waals surface area (Å²) in [5.41, 5.74) is 2.48. The fraction of sp³-hybridized carbons (Fsp3) is 0.706. The van der Waals surface area contributed by atoms with Gasteiger partial charge in [0.2, 0.25) is 0 Å². The van der Waals surface area contributed by atoms with Crippen LogP contribution in [0.4, 0.5) is 5.69 Å². The van der Waals surface area contributed by atoms with Crippen LogP contribution in [0.5, 0.6) is 0 Å². The number of pyridine rings is 1. The number of anilines is 1. The van der Waals surface area contributed by atoms with Gasteiger partial charge >= 0.3 is 0 Å². The van der Waals surface area contributed by atoms with Crippen molar-refractivity contribution in [2.45, 2.75) is 40.7 Å². The van der Waals surface area contributed by atoms with E-state index in [0.29, 0.717) is 5.92 Å². The quantitative estimate of drug-likeness (QED) is 0.893. The normalized spacial score (nSPS) is 23.4. The first kappa shape index (κ1) is 15.3. The summed E-state index contributed by atoms with van der Waals surface area (Å²) >= 11 is 0. The molecule has 1 aromatic heterocycles. The van der Waals surface area contributed by atoms with E-state index in [2.05, 4.69) is 55.0 Å².